The highest BCUT2D eigenvalue weighted by molar-refractivity contribution is 7.62. The molecule has 3 aromatic rings. The fourth-order valence-electron chi connectivity index (χ4n) is 4.19. The lowest BCUT2D eigenvalue weighted by Gasteiger charge is -2.23. The van der Waals surface area contributed by atoms with Crippen LogP contribution in [-0.2, 0) is 34.6 Å². The number of hydroxylamine groups is 2. The predicted molar refractivity (Wildman–Crippen MR) is 158 cm³/mol. The lowest BCUT2D eigenvalue weighted by Crippen LogP contribution is -2.43. The average molecular weight is 600 g/mol. The van der Waals surface area contributed by atoms with E-state index in [1.54, 1.807) is 30.3 Å². The standard InChI is InChI=1S/C30H38N3O8P/c1-4-5-7-13-25(19-33(22-34)40-20-23-11-8-6-9-12-23)29(35)31-21-32-30(36)28-17-16-27(41-28)24-14-10-15-26(18-24)42(37,38-2)39-3/h6,8-12,14-18,22,25H,4-5,7,13,19-21H2,1-3H3,(H,31,35)(H,32,36). The van der Waals surface area contributed by atoms with E-state index in [1.165, 1.54) is 20.3 Å². The molecule has 0 aliphatic heterocycles. The molecule has 0 radical (unpaired) electrons. The molecule has 3 rings (SSSR count). The average Bonchev–Trinajstić information content (AvgIpc) is 3.53. The number of carbonyl (C=O) groups excluding carboxylic acids is 3. The molecule has 1 heterocycles. The molecule has 42 heavy (non-hydrogen) atoms. The number of unbranched alkanes of at least 4 members (excludes halogenated alkanes) is 2. The summed E-state index contributed by atoms with van der Waals surface area (Å²) in [7, 11) is -0.852. The van der Waals surface area contributed by atoms with Crippen LogP contribution in [0.4, 0.5) is 0 Å². The Morgan fingerprint density at radius 3 is 2.45 bits per heavy atom. The van der Waals surface area contributed by atoms with Crippen molar-refractivity contribution in [2.45, 2.75) is 39.2 Å². The zero-order chi connectivity index (χ0) is 30.4. The van der Waals surface area contributed by atoms with Gasteiger partial charge < -0.3 is 24.1 Å². The molecule has 1 aromatic heterocycles. The van der Waals surface area contributed by atoms with Crippen LogP contribution in [0.5, 0.6) is 0 Å². The first-order chi connectivity index (χ1) is 20.3. The molecule has 0 aliphatic rings. The zero-order valence-electron chi connectivity index (χ0n) is 24.1. The molecule has 0 saturated heterocycles. The van der Waals surface area contributed by atoms with E-state index in [0.717, 1.165) is 29.9 Å². The second-order valence-electron chi connectivity index (χ2n) is 9.46. The Balaban J connectivity index is 1.56. The Morgan fingerprint density at radius 1 is 1.00 bits per heavy atom. The summed E-state index contributed by atoms with van der Waals surface area (Å²) in [5.41, 5.74) is 1.48. The lowest BCUT2D eigenvalue weighted by molar-refractivity contribution is -0.182. The van der Waals surface area contributed by atoms with Gasteiger partial charge in [0.1, 0.15) is 12.4 Å². The van der Waals surface area contributed by atoms with E-state index in [4.69, 9.17) is 18.3 Å². The second-order valence-corrected chi connectivity index (χ2v) is 11.7. The van der Waals surface area contributed by atoms with E-state index >= 15 is 0 Å². The van der Waals surface area contributed by atoms with Gasteiger partial charge in [0.2, 0.25) is 12.3 Å². The summed E-state index contributed by atoms with van der Waals surface area (Å²) in [5.74, 6) is -0.941. The quantitative estimate of drug-likeness (QED) is 0.0709. The van der Waals surface area contributed by atoms with Crippen molar-refractivity contribution < 1.29 is 37.3 Å². The number of nitrogens with zero attached hydrogens (tertiary/aromatic N) is 1. The summed E-state index contributed by atoms with van der Waals surface area (Å²) in [6, 6.07) is 19.2. The molecule has 0 saturated carbocycles. The van der Waals surface area contributed by atoms with E-state index in [9.17, 15) is 18.9 Å². The van der Waals surface area contributed by atoms with Crippen molar-refractivity contribution in [1.29, 1.82) is 0 Å². The minimum atomic E-state index is -3.46. The van der Waals surface area contributed by atoms with E-state index in [2.05, 4.69) is 17.6 Å². The Kier molecular flexibility index (Phi) is 13.0. The largest absolute Gasteiger partial charge is 0.451 e. The smallest absolute Gasteiger partial charge is 0.360 e. The van der Waals surface area contributed by atoms with Gasteiger partial charge >= 0.3 is 7.60 Å². The fraction of sp³-hybridized carbons (Fsp3) is 0.367. The Bertz CT molecular complexity index is 1340. The number of furan rings is 1. The number of carbonyl (C=O) groups is 3. The van der Waals surface area contributed by atoms with Crippen LogP contribution in [0.2, 0.25) is 0 Å². The molecular weight excluding hydrogens is 561 g/mol. The lowest BCUT2D eigenvalue weighted by atomic mass is 10.0. The maximum atomic E-state index is 13.0. The van der Waals surface area contributed by atoms with Gasteiger partial charge in [0, 0.05) is 19.8 Å². The molecule has 0 aliphatic carbocycles. The summed E-state index contributed by atoms with van der Waals surface area (Å²) < 4.78 is 28.5. The molecule has 2 aromatic carbocycles. The highest BCUT2D eigenvalue weighted by atomic mass is 31.2. The minimum Gasteiger partial charge on any atom is -0.451 e. The topological polar surface area (TPSA) is 136 Å². The first-order valence-corrected chi connectivity index (χ1v) is 15.2. The fourth-order valence-corrected chi connectivity index (χ4v) is 5.33. The SMILES string of the molecule is CCCCCC(CN(C=O)OCc1ccccc1)C(=O)NCNC(=O)c1ccc(-c2cccc(P(=O)(OC)OC)c2)o1. The van der Waals surface area contributed by atoms with Gasteiger partial charge in [0.15, 0.2) is 5.76 Å². The predicted octanol–water partition coefficient (Wildman–Crippen LogP) is 4.65. The van der Waals surface area contributed by atoms with Crippen LogP contribution < -0.4 is 15.9 Å². The minimum absolute atomic E-state index is 0.0345. The Hall–Kier alpha value is -3.76. The van der Waals surface area contributed by atoms with Crippen molar-refractivity contribution in [1.82, 2.24) is 15.7 Å². The number of hydrogen-bond acceptors (Lipinski definition) is 8. The Labute approximate surface area is 246 Å². The molecule has 226 valence electrons. The highest BCUT2D eigenvalue weighted by Crippen LogP contribution is 2.45. The summed E-state index contributed by atoms with van der Waals surface area (Å²) in [6.45, 7) is 2.22. The van der Waals surface area contributed by atoms with Crippen molar-refractivity contribution >= 4 is 31.1 Å². The number of rotatable bonds is 18. The van der Waals surface area contributed by atoms with Crippen LogP contribution >= 0.6 is 7.60 Å². The second kappa shape index (κ2) is 16.6. The van der Waals surface area contributed by atoms with E-state index < -0.39 is 19.4 Å². The summed E-state index contributed by atoms with van der Waals surface area (Å²) >= 11 is 0. The summed E-state index contributed by atoms with van der Waals surface area (Å²) in [5, 5.41) is 6.83. The molecule has 0 bridgehead atoms. The first-order valence-electron chi connectivity index (χ1n) is 13.7. The van der Waals surface area contributed by atoms with Crippen molar-refractivity contribution in [2.24, 2.45) is 5.92 Å². The third-order valence-corrected chi connectivity index (χ3v) is 8.43. The molecule has 3 amide bonds. The van der Waals surface area contributed by atoms with E-state index in [0.29, 0.717) is 29.5 Å². The van der Waals surface area contributed by atoms with E-state index in [1.807, 2.05) is 30.3 Å². The molecule has 12 heteroatoms. The van der Waals surface area contributed by atoms with Crippen molar-refractivity contribution in [3.8, 4) is 11.3 Å². The summed E-state index contributed by atoms with van der Waals surface area (Å²) in [4.78, 5) is 43.0. The third-order valence-electron chi connectivity index (χ3n) is 6.55. The van der Waals surface area contributed by atoms with Crippen molar-refractivity contribution in [3.05, 3.63) is 78.1 Å². The van der Waals surface area contributed by atoms with Gasteiger partial charge in [0.25, 0.3) is 5.91 Å². The van der Waals surface area contributed by atoms with Crippen LogP contribution in [0.1, 0.15) is 48.7 Å². The van der Waals surface area contributed by atoms with Gasteiger partial charge in [-0.05, 0) is 36.2 Å². The van der Waals surface area contributed by atoms with Gasteiger partial charge in [-0.2, -0.15) is 0 Å². The monoisotopic (exact) mass is 599 g/mol. The molecule has 11 nitrogen and oxygen atoms in total. The summed E-state index contributed by atoms with van der Waals surface area (Å²) in [6.07, 6.45) is 3.88. The number of hydrogen-bond donors (Lipinski definition) is 2. The molecule has 1 unspecified atom stereocenters. The normalized spacial score (nSPS) is 12.0. The maximum absolute atomic E-state index is 13.0. The molecule has 1 atom stereocenters. The van der Waals surface area contributed by atoms with E-state index in [-0.39, 0.29) is 31.5 Å². The van der Waals surface area contributed by atoms with Crippen LogP contribution in [0.25, 0.3) is 11.3 Å². The molecular formula is C30H38N3O8P. The van der Waals surface area contributed by atoms with Crippen molar-refractivity contribution in [3.63, 3.8) is 0 Å². The van der Waals surface area contributed by atoms with Gasteiger partial charge in [0.05, 0.1) is 24.4 Å². The van der Waals surface area contributed by atoms with Crippen molar-refractivity contribution in [2.75, 3.05) is 27.4 Å². The Morgan fingerprint density at radius 2 is 1.76 bits per heavy atom. The van der Waals surface area contributed by atoms with Gasteiger partial charge in [-0.25, -0.2) is 5.06 Å². The van der Waals surface area contributed by atoms with Gasteiger partial charge in [-0.3, -0.25) is 23.8 Å². The van der Waals surface area contributed by atoms with Crippen LogP contribution in [0.15, 0.2) is 71.1 Å². The van der Waals surface area contributed by atoms with Crippen LogP contribution in [0, 0.1) is 5.92 Å². The third kappa shape index (κ3) is 9.39. The van der Waals surface area contributed by atoms with Crippen LogP contribution in [0.3, 0.4) is 0 Å². The molecule has 0 spiro atoms. The maximum Gasteiger partial charge on any atom is 0.360 e. The van der Waals surface area contributed by atoms with Crippen LogP contribution in [-0.4, -0.2) is 50.7 Å². The number of benzene rings is 2. The number of nitrogens with one attached hydrogen (secondary N) is 2. The molecule has 2 N–H and O–H groups in total. The highest BCUT2D eigenvalue weighted by Gasteiger charge is 2.25. The zero-order valence-corrected chi connectivity index (χ0v) is 25.0. The molecule has 0 fully saturated rings. The van der Waals surface area contributed by atoms with Gasteiger partial charge in [-0.15, -0.1) is 0 Å². The first kappa shape index (κ1) is 32.8. The van der Waals surface area contributed by atoms with Gasteiger partial charge in [-0.1, -0.05) is 68.7 Å². The number of amides is 3.